The fourth-order valence-corrected chi connectivity index (χ4v) is 5.39. The lowest BCUT2D eigenvalue weighted by Crippen LogP contribution is -2.52. The van der Waals surface area contributed by atoms with Crippen LogP contribution in [0, 0.1) is 5.92 Å². The number of piperidine rings is 1. The molecule has 0 spiro atoms. The Labute approximate surface area is 203 Å². The van der Waals surface area contributed by atoms with Crippen molar-refractivity contribution in [1.29, 1.82) is 0 Å². The summed E-state index contributed by atoms with van der Waals surface area (Å²) in [5, 5.41) is 2.49. The van der Waals surface area contributed by atoms with E-state index in [1.54, 1.807) is 6.07 Å². The number of carbonyl (C=O) groups is 1. The zero-order chi connectivity index (χ0) is 24.4. The lowest BCUT2D eigenvalue weighted by atomic mass is 9.95. The Hall–Kier alpha value is -3.06. The third-order valence-electron chi connectivity index (χ3n) is 7.26. The molecule has 5 rings (SSSR count). The quantitative estimate of drug-likeness (QED) is 0.498. The van der Waals surface area contributed by atoms with E-state index in [-0.39, 0.29) is 11.8 Å². The van der Waals surface area contributed by atoms with E-state index >= 15 is 0 Å². The first-order chi connectivity index (χ1) is 16.9. The number of fused-ring (bicyclic) bond motifs is 1. The van der Waals surface area contributed by atoms with Crippen molar-refractivity contribution in [2.24, 2.45) is 5.92 Å². The van der Waals surface area contributed by atoms with Gasteiger partial charge in [-0.15, -0.1) is 0 Å². The number of likely N-dealkylation sites (tertiary alicyclic amines) is 1. The molecule has 3 aromatic rings. The summed E-state index contributed by atoms with van der Waals surface area (Å²) < 4.78 is 39.2. The topological polar surface area (TPSA) is 26.8 Å². The molecule has 0 aliphatic carbocycles. The number of benzene rings is 3. The van der Waals surface area contributed by atoms with Gasteiger partial charge in [0.15, 0.2) is 0 Å². The summed E-state index contributed by atoms with van der Waals surface area (Å²) in [4.78, 5) is 19.5. The SMILES string of the molecule is O=C(C1CCCN(Cc2cccc3ccccc23)C1)N1CCN(c2cccc(C(F)(F)F)c2)CC1. The first kappa shape index (κ1) is 23.7. The minimum atomic E-state index is -4.35. The minimum absolute atomic E-state index is 0.0289. The van der Waals surface area contributed by atoms with E-state index in [9.17, 15) is 18.0 Å². The summed E-state index contributed by atoms with van der Waals surface area (Å²) >= 11 is 0. The van der Waals surface area contributed by atoms with Gasteiger partial charge in [-0.1, -0.05) is 48.5 Å². The second-order valence-electron chi connectivity index (χ2n) is 9.57. The van der Waals surface area contributed by atoms with Crippen LogP contribution in [0.5, 0.6) is 0 Å². The number of anilines is 1. The molecular formula is C28H30F3N3O. The van der Waals surface area contributed by atoms with Gasteiger partial charge in [0.1, 0.15) is 0 Å². The number of alkyl halides is 3. The summed E-state index contributed by atoms with van der Waals surface area (Å²) in [6.45, 7) is 4.71. The Kier molecular flexibility index (Phi) is 6.69. The highest BCUT2D eigenvalue weighted by molar-refractivity contribution is 5.85. The van der Waals surface area contributed by atoms with Gasteiger partial charge in [0.25, 0.3) is 0 Å². The highest BCUT2D eigenvalue weighted by Gasteiger charge is 2.33. The van der Waals surface area contributed by atoms with Crippen molar-refractivity contribution < 1.29 is 18.0 Å². The molecule has 0 aromatic heterocycles. The Morgan fingerprint density at radius 3 is 2.43 bits per heavy atom. The Morgan fingerprint density at radius 1 is 0.886 bits per heavy atom. The zero-order valence-corrected chi connectivity index (χ0v) is 19.7. The molecule has 2 heterocycles. The van der Waals surface area contributed by atoms with Crippen LogP contribution in [0.3, 0.4) is 0 Å². The van der Waals surface area contributed by atoms with Crippen LogP contribution in [0.1, 0.15) is 24.0 Å². The smallest absolute Gasteiger partial charge is 0.368 e. The molecular weight excluding hydrogens is 451 g/mol. The van der Waals surface area contributed by atoms with E-state index in [4.69, 9.17) is 0 Å². The summed E-state index contributed by atoms with van der Waals surface area (Å²) in [6, 6.07) is 20.2. The number of hydrogen-bond acceptors (Lipinski definition) is 3. The summed E-state index contributed by atoms with van der Waals surface area (Å²) in [7, 11) is 0. The minimum Gasteiger partial charge on any atom is -0.368 e. The number of amides is 1. The predicted octanol–water partition coefficient (Wildman–Crippen LogP) is 5.42. The van der Waals surface area contributed by atoms with Gasteiger partial charge in [-0.2, -0.15) is 13.2 Å². The number of piperazine rings is 1. The van der Waals surface area contributed by atoms with E-state index in [1.807, 2.05) is 9.80 Å². The maximum atomic E-state index is 13.3. The molecule has 0 radical (unpaired) electrons. The van der Waals surface area contributed by atoms with Crippen molar-refractivity contribution in [3.63, 3.8) is 0 Å². The average Bonchev–Trinajstić information content (AvgIpc) is 2.88. The van der Waals surface area contributed by atoms with Gasteiger partial charge in [0, 0.05) is 45.0 Å². The summed E-state index contributed by atoms with van der Waals surface area (Å²) in [5.74, 6) is 0.148. The molecule has 2 saturated heterocycles. The fourth-order valence-electron chi connectivity index (χ4n) is 5.39. The molecule has 0 bridgehead atoms. The molecule has 1 atom stereocenters. The predicted molar refractivity (Wildman–Crippen MR) is 132 cm³/mol. The van der Waals surface area contributed by atoms with Gasteiger partial charge in [0.05, 0.1) is 11.5 Å². The van der Waals surface area contributed by atoms with Gasteiger partial charge in [-0.25, -0.2) is 0 Å². The third kappa shape index (κ3) is 5.30. The van der Waals surface area contributed by atoms with Crippen LogP contribution < -0.4 is 4.90 Å². The molecule has 1 unspecified atom stereocenters. The van der Waals surface area contributed by atoms with Crippen LogP contribution >= 0.6 is 0 Å². The van der Waals surface area contributed by atoms with Crippen molar-refractivity contribution in [3.05, 3.63) is 77.9 Å². The Bertz CT molecular complexity index is 1180. The lowest BCUT2D eigenvalue weighted by Gasteiger charge is -2.40. The second-order valence-corrected chi connectivity index (χ2v) is 9.57. The molecule has 7 heteroatoms. The Morgan fingerprint density at radius 2 is 1.63 bits per heavy atom. The first-order valence-corrected chi connectivity index (χ1v) is 12.3. The molecule has 4 nitrogen and oxygen atoms in total. The van der Waals surface area contributed by atoms with E-state index in [1.165, 1.54) is 28.5 Å². The van der Waals surface area contributed by atoms with Crippen LogP contribution in [0.2, 0.25) is 0 Å². The normalized spacial score (nSPS) is 19.8. The lowest BCUT2D eigenvalue weighted by molar-refractivity contribution is -0.138. The zero-order valence-electron chi connectivity index (χ0n) is 19.7. The number of hydrogen-bond donors (Lipinski definition) is 0. The largest absolute Gasteiger partial charge is 0.416 e. The van der Waals surface area contributed by atoms with Crippen molar-refractivity contribution in [2.45, 2.75) is 25.6 Å². The summed E-state index contributed by atoms with van der Waals surface area (Å²) in [6.07, 6.45) is -2.48. The molecule has 0 N–H and O–H groups in total. The van der Waals surface area contributed by atoms with Crippen LogP contribution in [-0.2, 0) is 17.5 Å². The highest BCUT2D eigenvalue weighted by atomic mass is 19.4. The van der Waals surface area contributed by atoms with Crippen molar-refractivity contribution >= 4 is 22.4 Å². The monoisotopic (exact) mass is 481 g/mol. The van der Waals surface area contributed by atoms with Crippen molar-refractivity contribution in [2.75, 3.05) is 44.2 Å². The van der Waals surface area contributed by atoms with E-state index in [2.05, 4.69) is 47.4 Å². The molecule has 2 aliphatic heterocycles. The standard InChI is InChI=1S/C28H30F3N3O/c29-28(30,31)24-10-4-11-25(18-24)33-14-16-34(17-15-33)27(35)23-9-5-13-32(20-23)19-22-8-3-7-21-6-1-2-12-26(21)22/h1-4,6-8,10-12,18,23H,5,9,13-17,19-20H2. The molecule has 35 heavy (non-hydrogen) atoms. The van der Waals surface area contributed by atoms with Gasteiger partial charge in [-0.05, 0) is 53.9 Å². The fraction of sp³-hybridized carbons (Fsp3) is 0.393. The van der Waals surface area contributed by atoms with Crippen LogP contribution in [-0.4, -0.2) is 55.0 Å². The van der Waals surface area contributed by atoms with Crippen LogP contribution in [0.4, 0.5) is 18.9 Å². The molecule has 3 aromatic carbocycles. The third-order valence-corrected chi connectivity index (χ3v) is 7.26. The number of rotatable bonds is 4. The highest BCUT2D eigenvalue weighted by Crippen LogP contribution is 2.32. The van der Waals surface area contributed by atoms with E-state index in [0.29, 0.717) is 31.9 Å². The number of nitrogens with zero attached hydrogens (tertiary/aromatic N) is 3. The number of halogens is 3. The first-order valence-electron chi connectivity index (χ1n) is 12.3. The molecule has 2 aliphatic rings. The van der Waals surface area contributed by atoms with Gasteiger partial charge >= 0.3 is 6.18 Å². The maximum Gasteiger partial charge on any atom is 0.416 e. The maximum absolute atomic E-state index is 13.3. The van der Waals surface area contributed by atoms with Gasteiger partial charge < -0.3 is 9.80 Å². The van der Waals surface area contributed by atoms with E-state index in [0.717, 1.165) is 38.5 Å². The Balaban J connectivity index is 1.19. The van der Waals surface area contributed by atoms with E-state index < -0.39 is 11.7 Å². The molecule has 0 saturated carbocycles. The van der Waals surface area contributed by atoms with Gasteiger partial charge in [-0.3, -0.25) is 9.69 Å². The molecule has 184 valence electrons. The second kappa shape index (κ2) is 9.90. The van der Waals surface area contributed by atoms with Crippen molar-refractivity contribution in [1.82, 2.24) is 9.80 Å². The number of carbonyl (C=O) groups excluding carboxylic acids is 1. The van der Waals surface area contributed by atoms with Gasteiger partial charge in [0.2, 0.25) is 5.91 Å². The molecule has 2 fully saturated rings. The average molecular weight is 482 g/mol. The molecule has 1 amide bonds. The van der Waals surface area contributed by atoms with Crippen molar-refractivity contribution in [3.8, 4) is 0 Å². The van der Waals surface area contributed by atoms with Crippen LogP contribution in [0.15, 0.2) is 66.7 Å². The van der Waals surface area contributed by atoms with Crippen LogP contribution in [0.25, 0.3) is 10.8 Å². The summed E-state index contributed by atoms with van der Waals surface area (Å²) in [5.41, 5.74) is 1.21.